The van der Waals surface area contributed by atoms with Crippen LogP contribution in [0.15, 0.2) is 11.6 Å². The summed E-state index contributed by atoms with van der Waals surface area (Å²) in [6, 6.07) is 0. The lowest BCUT2D eigenvalue weighted by Gasteiger charge is -2.60. The SMILES string of the molecule is COC(=O)CC[C@@H](C)[C@H]1CC[C@H]2[C@@H]3CCC4=CC(=O)CC[C@]4(C)[C@H]3C[C@H](OC(C)=O)[C@]12C. The van der Waals surface area contributed by atoms with Crippen molar-refractivity contribution in [3.05, 3.63) is 11.6 Å². The number of carbonyl (C=O) groups is 3. The molecule has 0 aromatic carbocycles. The van der Waals surface area contributed by atoms with Crippen LogP contribution in [-0.4, -0.2) is 30.9 Å². The molecule has 3 saturated carbocycles. The van der Waals surface area contributed by atoms with Gasteiger partial charge in [0.15, 0.2) is 5.78 Å². The van der Waals surface area contributed by atoms with Crippen LogP contribution in [0.1, 0.15) is 85.5 Å². The van der Waals surface area contributed by atoms with Gasteiger partial charge in [-0.15, -0.1) is 0 Å². The van der Waals surface area contributed by atoms with Gasteiger partial charge < -0.3 is 9.47 Å². The van der Waals surface area contributed by atoms with Crippen molar-refractivity contribution in [1.29, 1.82) is 0 Å². The summed E-state index contributed by atoms with van der Waals surface area (Å²) in [5, 5.41) is 0. The highest BCUT2D eigenvalue weighted by molar-refractivity contribution is 5.91. The quantitative estimate of drug-likeness (QED) is 0.541. The molecule has 0 aliphatic heterocycles. The summed E-state index contributed by atoms with van der Waals surface area (Å²) >= 11 is 0. The van der Waals surface area contributed by atoms with Crippen molar-refractivity contribution in [3.63, 3.8) is 0 Å². The molecule has 0 spiro atoms. The van der Waals surface area contributed by atoms with Crippen LogP contribution in [0, 0.1) is 40.4 Å². The molecule has 32 heavy (non-hydrogen) atoms. The van der Waals surface area contributed by atoms with Gasteiger partial charge in [0.05, 0.1) is 7.11 Å². The van der Waals surface area contributed by atoms with Gasteiger partial charge in [0, 0.05) is 25.2 Å². The fourth-order valence-corrected chi connectivity index (χ4v) is 8.48. The van der Waals surface area contributed by atoms with E-state index >= 15 is 0 Å². The molecule has 0 aromatic heterocycles. The highest BCUT2D eigenvalue weighted by Gasteiger charge is 2.64. The van der Waals surface area contributed by atoms with Crippen LogP contribution in [0.2, 0.25) is 0 Å². The number of allylic oxidation sites excluding steroid dienone is 1. The number of ether oxygens (including phenoxy) is 2. The molecule has 5 nitrogen and oxygen atoms in total. The Balaban J connectivity index is 1.65. The molecule has 0 unspecified atom stereocenters. The number of carbonyl (C=O) groups excluding carboxylic acids is 3. The molecule has 0 saturated heterocycles. The van der Waals surface area contributed by atoms with Gasteiger partial charge in [-0.3, -0.25) is 14.4 Å². The summed E-state index contributed by atoms with van der Waals surface area (Å²) in [6.45, 7) is 8.52. The first-order valence-electron chi connectivity index (χ1n) is 12.6. The van der Waals surface area contributed by atoms with Crippen molar-refractivity contribution in [2.45, 2.75) is 91.6 Å². The van der Waals surface area contributed by atoms with Gasteiger partial charge in [0.25, 0.3) is 0 Å². The molecule has 0 N–H and O–H groups in total. The van der Waals surface area contributed by atoms with E-state index in [1.807, 2.05) is 6.08 Å². The first kappa shape index (κ1) is 23.5. The van der Waals surface area contributed by atoms with Gasteiger partial charge in [-0.05, 0) is 86.0 Å². The van der Waals surface area contributed by atoms with Crippen molar-refractivity contribution in [3.8, 4) is 0 Å². The average molecular weight is 445 g/mol. The van der Waals surface area contributed by atoms with Crippen LogP contribution in [-0.2, 0) is 23.9 Å². The maximum atomic E-state index is 12.2. The van der Waals surface area contributed by atoms with Crippen LogP contribution in [0.5, 0.6) is 0 Å². The molecule has 5 heteroatoms. The summed E-state index contributed by atoms with van der Waals surface area (Å²) in [6.07, 6.45) is 9.98. The van der Waals surface area contributed by atoms with E-state index in [4.69, 9.17) is 9.47 Å². The van der Waals surface area contributed by atoms with Crippen LogP contribution in [0.4, 0.5) is 0 Å². The summed E-state index contributed by atoms with van der Waals surface area (Å²) in [5.74, 6) is 2.32. The van der Waals surface area contributed by atoms with E-state index in [0.29, 0.717) is 42.4 Å². The van der Waals surface area contributed by atoms with Crippen LogP contribution < -0.4 is 0 Å². The van der Waals surface area contributed by atoms with Crippen LogP contribution in [0.25, 0.3) is 0 Å². The predicted octanol–water partition coefficient (Wildman–Crippen LogP) is 5.27. The molecule has 178 valence electrons. The largest absolute Gasteiger partial charge is 0.469 e. The Morgan fingerprint density at radius 1 is 1.16 bits per heavy atom. The number of hydrogen-bond donors (Lipinski definition) is 0. The third-order valence-electron chi connectivity index (χ3n) is 10.1. The van der Waals surface area contributed by atoms with Crippen LogP contribution >= 0.6 is 0 Å². The Morgan fingerprint density at radius 2 is 1.91 bits per heavy atom. The topological polar surface area (TPSA) is 69.7 Å². The summed E-state index contributed by atoms with van der Waals surface area (Å²) in [4.78, 5) is 36.1. The standard InChI is InChI=1S/C27H40O5/c1-16(6-11-25(30)31-5)21-9-10-22-20-8-7-18-14-19(29)12-13-26(18,3)23(20)15-24(27(21,22)4)32-17(2)28/h14,16,20-24H,6-13,15H2,1-5H3/t16-,20+,21-,22+,23+,24+,26+,27-/m1/s1. The fraction of sp³-hybridized carbons (Fsp3) is 0.815. The maximum absolute atomic E-state index is 12.2. The minimum absolute atomic E-state index is 0.0468. The van der Waals surface area contributed by atoms with Gasteiger partial charge in [-0.1, -0.05) is 26.3 Å². The number of methoxy groups -OCH3 is 1. The number of hydrogen-bond acceptors (Lipinski definition) is 5. The highest BCUT2D eigenvalue weighted by Crippen LogP contribution is 2.68. The molecule has 4 rings (SSSR count). The van der Waals surface area contributed by atoms with Crippen molar-refractivity contribution in [2.75, 3.05) is 7.11 Å². The lowest BCUT2D eigenvalue weighted by atomic mass is 9.45. The second kappa shape index (κ2) is 8.61. The maximum Gasteiger partial charge on any atom is 0.305 e. The van der Waals surface area contributed by atoms with Gasteiger partial charge in [0.1, 0.15) is 6.10 Å². The number of fused-ring (bicyclic) bond motifs is 5. The predicted molar refractivity (Wildman–Crippen MR) is 122 cm³/mol. The van der Waals surface area contributed by atoms with E-state index in [-0.39, 0.29) is 34.7 Å². The van der Waals surface area contributed by atoms with Gasteiger partial charge in [0.2, 0.25) is 0 Å². The number of rotatable bonds is 5. The van der Waals surface area contributed by atoms with E-state index in [0.717, 1.165) is 44.9 Å². The zero-order valence-electron chi connectivity index (χ0n) is 20.4. The molecule has 4 aliphatic carbocycles. The Bertz CT molecular complexity index is 815. The summed E-state index contributed by atoms with van der Waals surface area (Å²) in [5.41, 5.74) is 1.32. The molecule has 0 amide bonds. The van der Waals surface area contributed by atoms with Gasteiger partial charge in [-0.2, -0.15) is 0 Å². The second-order valence-electron chi connectivity index (χ2n) is 11.4. The molecule has 8 atom stereocenters. The first-order chi connectivity index (χ1) is 15.1. The van der Waals surface area contributed by atoms with E-state index < -0.39 is 0 Å². The smallest absolute Gasteiger partial charge is 0.305 e. The summed E-state index contributed by atoms with van der Waals surface area (Å²) in [7, 11) is 1.45. The first-order valence-corrected chi connectivity index (χ1v) is 12.6. The summed E-state index contributed by atoms with van der Waals surface area (Å²) < 4.78 is 11.0. The fourth-order valence-electron chi connectivity index (χ4n) is 8.48. The molecule has 4 aliphatic rings. The van der Waals surface area contributed by atoms with Crippen molar-refractivity contribution < 1.29 is 23.9 Å². The Morgan fingerprint density at radius 3 is 2.59 bits per heavy atom. The molecule has 0 aromatic rings. The van der Waals surface area contributed by atoms with Crippen LogP contribution in [0.3, 0.4) is 0 Å². The Hall–Kier alpha value is -1.65. The van der Waals surface area contributed by atoms with Gasteiger partial charge in [-0.25, -0.2) is 0 Å². The number of ketones is 1. The minimum atomic E-state index is -0.197. The van der Waals surface area contributed by atoms with Crippen molar-refractivity contribution >= 4 is 17.7 Å². The molecule has 0 heterocycles. The van der Waals surface area contributed by atoms with E-state index in [9.17, 15) is 14.4 Å². The lowest BCUT2D eigenvalue weighted by Crippen LogP contribution is -2.57. The molecule has 0 radical (unpaired) electrons. The van der Waals surface area contributed by atoms with E-state index in [1.54, 1.807) is 0 Å². The Labute approximate surface area is 192 Å². The highest BCUT2D eigenvalue weighted by atomic mass is 16.5. The van der Waals surface area contributed by atoms with E-state index in [2.05, 4.69) is 20.8 Å². The molecular weight excluding hydrogens is 404 g/mol. The minimum Gasteiger partial charge on any atom is -0.469 e. The Kier molecular flexibility index (Phi) is 6.32. The second-order valence-corrected chi connectivity index (χ2v) is 11.4. The molecule has 3 fully saturated rings. The van der Waals surface area contributed by atoms with Gasteiger partial charge >= 0.3 is 11.9 Å². The number of esters is 2. The zero-order chi connectivity index (χ0) is 23.3. The molecular formula is C27H40O5. The zero-order valence-corrected chi connectivity index (χ0v) is 20.4. The third-order valence-corrected chi connectivity index (χ3v) is 10.1. The third kappa shape index (κ3) is 3.74. The van der Waals surface area contributed by atoms with E-state index in [1.165, 1.54) is 19.6 Å². The monoisotopic (exact) mass is 444 g/mol. The lowest BCUT2D eigenvalue weighted by molar-refractivity contribution is -0.181. The van der Waals surface area contributed by atoms with Crippen molar-refractivity contribution in [2.24, 2.45) is 40.4 Å². The van der Waals surface area contributed by atoms with Crippen molar-refractivity contribution in [1.82, 2.24) is 0 Å². The normalized spacial score (nSPS) is 41.6. The average Bonchev–Trinajstić information content (AvgIpc) is 3.11. The molecule has 0 bridgehead atoms.